The second-order valence-corrected chi connectivity index (χ2v) is 4.88. The average molecular weight is 203 g/mol. The van der Waals surface area contributed by atoms with Crippen LogP contribution >= 0.6 is 0 Å². The van der Waals surface area contributed by atoms with Gasteiger partial charge < -0.3 is 25.7 Å². The van der Waals surface area contributed by atoms with Crippen molar-refractivity contribution in [3.05, 3.63) is 0 Å². The Balaban J connectivity index is 2.31. The van der Waals surface area contributed by atoms with Gasteiger partial charge in [-0.25, -0.2) is 0 Å². The van der Waals surface area contributed by atoms with Crippen LogP contribution in [0.25, 0.3) is 0 Å². The number of piperidine rings is 1. The molecule has 2 aliphatic rings. The van der Waals surface area contributed by atoms with Gasteiger partial charge in [-0.2, -0.15) is 0 Å². The minimum Gasteiger partial charge on any atom is -0.394 e. The maximum absolute atomic E-state index is 9.91. The molecule has 5 N–H and O–H groups in total. The van der Waals surface area contributed by atoms with Crippen LogP contribution in [0.3, 0.4) is 0 Å². The topological polar surface area (TPSA) is 93.0 Å². The Morgan fingerprint density at radius 2 is 2.07 bits per heavy atom. The summed E-state index contributed by atoms with van der Waals surface area (Å²) < 4.78 is 0. The third kappa shape index (κ3) is 1.28. The molecule has 0 aliphatic carbocycles. The van der Waals surface area contributed by atoms with E-state index in [1.165, 1.54) is 0 Å². The summed E-state index contributed by atoms with van der Waals surface area (Å²) in [6.07, 6.45) is -1.26. The number of fused-ring (bicyclic) bond motifs is 2. The van der Waals surface area contributed by atoms with Crippen molar-refractivity contribution in [1.29, 1.82) is 0 Å². The molecule has 5 heteroatoms. The first-order valence-electron chi connectivity index (χ1n) is 4.87. The number of rotatable bonds is 1. The Bertz CT molecular complexity index is 245. The van der Waals surface area contributed by atoms with E-state index < -0.39 is 23.3 Å². The Morgan fingerprint density at radius 1 is 1.43 bits per heavy atom. The molecule has 0 radical (unpaired) electrons. The first-order chi connectivity index (χ1) is 6.40. The summed E-state index contributed by atoms with van der Waals surface area (Å²) in [4.78, 5) is 0. The van der Waals surface area contributed by atoms with Gasteiger partial charge in [0.2, 0.25) is 0 Å². The zero-order chi connectivity index (χ0) is 10.6. The zero-order valence-electron chi connectivity index (χ0n) is 8.14. The molecule has 0 amide bonds. The van der Waals surface area contributed by atoms with Gasteiger partial charge in [-0.05, 0) is 19.8 Å². The monoisotopic (exact) mass is 203 g/mol. The third-order valence-corrected chi connectivity index (χ3v) is 3.41. The average Bonchev–Trinajstić information content (AvgIpc) is 2.28. The van der Waals surface area contributed by atoms with Crippen molar-refractivity contribution >= 4 is 0 Å². The quantitative estimate of drug-likeness (QED) is 0.338. The lowest BCUT2D eigenvalue weighted by Crippen LogP contribution is -2.60. The highest BCUT2D eigenvalue weighted by Gasteiger charge is 2.59. The molecule has 0 aromatic carbocycles. The third-order valence-electron chi connectivity index (χ3n) is 3.41. The van der Waals surface area contributed by atoms with E-state index in [0.29, 0.717) is 6.42 Å². The summed E-state index contributed by atoms with van der Waals surface area (Å²) in [5.74, 6) is 0. The number of aliphatic hydroxyl groups excluding tert-OH is 3. The molecule has 2 saturated heterocycles. The maximum atomic E-state index is 9.91. The largest absolute Gasteiger partial charge is 0.394 e. The fourth-order valence-corrected chi connectivity index (χ4v) is 2.83. The van der Waals surface area contributed by atoms with Crippen molar-refractivity contribution < 1.29 is 20.4 Å². The minimum atomic E-state index is -1.01. The molecule has 2 rings (SSSR count). The first kappa shape index (κ1) is 10.3. The fraction of sp³-hybridized carbons (Fsp3) is 1.00. The van der Waals surface area contributed by atoms with E-state index in [-0.39, 0.29) is 19.1 Å². The van der Waals surface area contributed by atoms with E-state index in [2.05, 4.69) is 5.32 Å². The molecule has 5 nitrogen and oxygen atoms in total. The van der Waals surface area contributed by atoms with Crippen molar-refractivity contribution in [2.24, 2.45) is 0 Å². The normalized spacial score (nSPS) is 57.6. The predicted molar refractivity (Wildman–Crippen MR) is 48.6 cm³/mol. The summed E-state index contributed by atoms with van der Waals surface area (Å²) >= 11 is 0. The van der Waals surface area contributed by atoms with Crippen LogP contribution in [0.5, 0.6) is 0 Å². The van der Waals surface area contributed by atoms with Crippen molar-refractivity contribution in [3.63, 3.8) is 0 Å². The molecular formula is C9H17NO4. The maximum Gasteiger partial charge on any atom is 0.102 e. The highest BCUT2D eigenvalue weighted by Crippen LogP contribution is 2.40. The number of hydrogen-bond donors (Lipinski definition) is 5. The molecule has 2 heterocycles. The Labute approximate surface area is 82.4 Å². The van der Waals surface area contributed by atoms with Crippen molar-refractivity contribution in [2.45, 2.75) is 49.2 Å². The standard InChI is InChI=1S/C9H17NO4/c1-8(14)2-5-6(12)7(13)9(3-8,4-11)10-5/h5-7,10-14H,2-4H2,1H3/t5-,6-,7+,8-,9-/m1/s1. The van der Waals surface area contributed by atoms with E-state index in [9.17, 15) is 20.4 Å². The van der Waals surface area contributed by atoms with Crippen molar-refractivity contribution in [3.8, 4) is 0 Å². The Kier molecular flexibility index (Phi) is 2.14. The second kappa shape index (κ2) is 2.90. The molecule has 0 aromatic heterocycles. The van der Waals surface area contributed by atoms with Crippen LogP contribution in [-0.4, -0.2) is 56.4 Å². The summed E-state index contributed by atoms with van der Waals surface area (Å²) in [5, 5.41) is 41.6. The van der Waals surface area contributed by atoms with E-state index in [1.54, 1.807) is 6.92 Å². The lowest BCUT2D eigenvalue weighted by Gasteiger charge is -2.41. The van der Waals surface area contributed by atoms with Crippen molar-refractivity contribution in [1.82, 2.24) is 5.32 Å². The van der Waals surface area contributed by atoms with Crippen LogP contribution in [0.1, 0.15) is 19.8 Å². The van der Waals surface area contributed by atoms with E-state index >= 15 is 0 Å². The van der Waals surface area contributed by atoms with Gasteiger partial charge >= 0.3 is 0 Å². The van der Waals surface area contributed by atoms with E-state index in [1.807, 2.05) is 0 Å². The molecule has 2 aliphatic heterocycles. The molecule has 0 saturated carbocycles. The first-order valence-corrected chi connectivity index (χ1v) is 4.87. The SMILES string of the molecule is C[C@@]1(O)C[C@H]2N[C@@](CO)(C1)[C@@H](O)[C@@H]2O. The summed E-state index contributed by atoms with van der Waals surface area (Å²) in [6.45, 7) is 1.38. The van der Waals surface area contributed by atoms with Gasteiger partial charge in [0.15, 0.2) is 0 Å². The summed E-state index contributed by atoms with van der Waals surface area (Å²) in [6, 6.07) is -0.332. The van der Waals surface area contributed by atoms with Gasteiger partial charge in [-0.15, -0.1) is 0 Å². The van der Waals surface area contributed by atoms with Gasteiger partial charge in [-0.3, -0.25) is 0 Å². The highest BCUT2D eigenvalue weighted by molar-refractivity contribution is 5.16. The van der Waals surface area contributed by atoms with Gasteiger partial charge in [0, 0.05) is 6.04 Å². The summed E-state index contributed by atoms with van der Waals surface area (Å²) in [5.41, 5.74) is -1.87. The Morgan fingerprint density at radius 3 is 2.64 bits per heavy atom. The highest BCUT2D eigenvalue weighted by atomic mass is 16.3. The number of hydrogen-bond acceptors (Lipinski definition) is 5. The Hall–Kier alpha value is -0.200. The van der Waals surface area contributed by atoms with Crippen LogP contribution in [-0.2, 0) is 0 Å². The number of aliphatic hydroxyl groups is 4. The summed E-state index contributed by atoms with van der Waals surface area (Å²) in [7, 11) is 0. The molecule has 0 unspecified atom stereocenters. The minimum absolute atomic E-state index is 0.255. The molecule has 2 bridgehead atoms. The molecule has 82 valence electrons. The lowest BCUT2D eigenvalue weighted by molar-refractivity contribution is -0.0522. The van der Waals surface area contributed by atoms with Gasteiger partial charge in [0.1, 0.15) is 6.10 Å². The molecule has 5 atom stereocenters. The van der Waals surface area contributed by atoms with E-state index in [4.69, 9.17) is 0 Å². The van der Waals surface area contributed by atoms with Gasteiger partial charge in [0.05, 0.1) is 23.9 Å². The molecule has 2 fully saturated rings. The molecular weight excluding hydrogens is 186 g/mol. The predicted octanol–water partition coefficient (Wildman–Crippen LogP) is -2.04. The van der Waals surface area contributed by atoms with Gasteiger partial charge in [-0.1, -0.05) is 0 Å². The van der Waals surface area contributed by atoms with Crippen molar-refractivity contribution in [2.75, 3.05) is 6.61 Å². The molecule has 0 spiro atoms. The van der Waals surface area contributed by atoms with Gasteiger partial charge in [0.25, 0.3) is 0 Å². The molecule has 14 heavy (non-hydrogen) atoms. The van der Waals surface area contributed by atoms with Crippen LogP contribution < -0.4 is 5.32 Å². The molecule has 0 aromatic rings. The van der Waals surface area contributed by atoms with Crippen LogP contribution in [0, 0.1) is 0 Å². The number of nitrogens with one attached hydrogen (secondary N) is 1. The smallest absolute Gasteiger partial charge is 0.102 e. The van der Waals surface area contributed by atoms with Crippen LogP contribution in [0.4, 0.5) is 0 Å². The van der Waals surface area contributed by atoms with E-state index in [0.717, 1.165) is 0 Å². The zero-order valence-corrected chi connectivity index (χ0v) is 8.14. The van der Waals surface area contributed by atoms with Crippen LogP contribution in [0.15, 0.2) is 0 Å². The fourth-order valence-electron chi connectivity index (χ4n) is 2.83. The lowest BCUT2D eigenvalue weighted by atomic mass is 9.81. The van der Waals surface area contributed by atoms with Crippen LogP contribution in [0.2, 0.25) is 0 Å². The second-order valence-electron chi connectivity index (χ2n) is 4.88.